The number of aromatic hydroxyl groups is 1. The van der Waals surface area contributed by atoms with Crippen LogP contribution in [0, 0.1) is 5.82 Å². The third-order valence-electron chi connectivity index (χ3n) is 2.31. The molecule has 0 unspecified atom stereocenters. The Kier molecular flexibility index (Phi) is 3.69. The number of nitrogens with zero attached hydrogens (tertiary/aromatic N) is 2. The van der Waals surface area contributed by atoms with Crippen molar-refractivity contribution >= 4 is 5.82 Å². The van der Waals surface area contributed by atoms with Crippen molar-refractivity contribution in [2.45, 2.75) is 0 Å². The van der Waals surface area contributed by atoms with E-state index in [0.29, 0.717) is 30.3 Å². The summed E-state index contributed by atoms with van der Waals surface area (Å²) < 4.78 is 12.9. The van der Waals surface area contributed by atoms with Crippen LogP contribution in [0.15, 0.2) is 30.5 Å². The summed E-state index contributed by atoms with van der Waals surface area (Å²) in [7, 11) is 0. The second kappa shape index (κ2) is 5.42. The van der Waals surface area contributed by atoms with Crippen LogP contribution in [0.1, 0.15) is 0 Å². The lowest BCUT2D eigenvalue weighted by Gasteiger charge is -2.06. The Morgan fingerprint density at radius 1 is 1.33 bits per heavy atom. The molecule has 1 aromatic heterocycles. The molecule has 0 radical (unpaired) electrons. The zero-order valence-electron chi connectivity index (χ0n) is 9.60. The first-order valence-corrected chi connectivity index (χ1v) is 5.46. The summed E-state index contributed by atoms with van der Waals surface area (Å²) >= 11 is 0. The van der Waals surface area contributed by atoms with Gasteiger partial charge >= 0.3 is 0 Å². The zero-order valence-corrected chi connectivity index (χ0v) is 9.60. The van der Waals surface area contributed by atoms with Gasteiger partial charge in [0.2, 0.25) is 0 Å². The van der Waals surface area contributed by atoms with Crippen molar-refractivity contribution in [3.63, 3.8) is 0 Å². The molecule has 0 atom stereocenters. The Morgan fingerprint density at radius 2 is 2.17 bits per heavy atom. The number of anilines is 1. The molecule has 6 heteroatoms. The monoisotopic (exact) mass is 248 g/mol. The number of benzene rings is 1. The molecule has 0 saturated heterocycles. The molecular weight excluding hydrogens is 235 g/mol. The van der Waals surface area contributed by atoms with Crippen molar-refractivity contribution in [3.8, 4) is 17.1 Å². The van der Waals surface area contributed by atoms with Gasteiger partial charge in [-0.2, -0.15) is 0 Å². The van der Waals surface area contributed by atoms with Gasteiger partial charge in [-0.15, -0.1) is 0 Å². The molecule has 5 nitrogen and oxygen atoms in total. The maximum atomic E-state index is 12.9. The fourth-order valence-corrected chi connectivity index (χ4v) is 1.48. The second-order valence-electron chi connectivity index (χ2n) is 3.64. The van der Waals surface area contributed by atoms with Crippen LogP contribution in [0.5, 0.6) is 5.75 Å². The second-order valence-corrected chi connectivity index (χ2v) is 3.64. The van der Waals surface area contributed by atoms with E-state index in [9.17, 15) is 9.50 Å². The highest BCUT2D eigenvalue weighted by Crippen LogP contribution is 2.27. The number of phenolic OH excluding ortho intramolecular Hbond substituents is 1. The van der Waals surface area contributed by atoms with Gasteiger partial charge in [0.05, 0.1) is 5.56 Å². The van der Waals surface area contributed by atoms with E-state index in [-0.39, 0.29) is 5.75 Å². The molecule has 0 spiro atoms. The maximum absolute atomic E-state index is 12.9. The summed E-state index contributed by atoms with van der Waals surface area (Å²) in [4.78, 5) is 8.25. The molecule has 1 heterocycles. The number of aromatic nitrogens is 2. The third kappa shape index (κ3) is 2.72. The SMILES string of the molecule is NCCNc1ccnc(-c2ccc(F)cc2O)n1. The van der Waals surface area contributed by atoms with Crippen LogP contribution in [-0.4, -0.2) is 28.2 Å². The minimum atomic E-state index is -0.506. The van der Waals surface area contributed by atoms with Crippen molar-refractivity contribution in [1.29, 1.82) is 0 Å². The molecule has 0 aliphatic heterocycles. The number of phenols is 1. The van der Waals surface area contributed by atoms with Crippen LogP contribution >= 0.6 is 0 Å². The molecular formula is C12H13FN4O. The highest BCUT2D eigenvalue weighted by atomic mass is 19.1. The van der Waals surface area contributed by atoms with Gasteiger partial charge in [0.1, 0.15) is 17.4 Å². The Hall–Kier alpha value is -2.21. The minimum Gasteiger partial charge on any atom is -0.507 e. The summed E-state index contributed by atoms with van der Waals surface area (Å²) in [6.45, 7) is 1.08. The van der Waals surface area contributed by atoms with Crippen LogP contribution in [0.25, 0.3) is 11.4 Å². The molecule has 0 saturated carbocycles. The van der Waals surface area contributed by atoms with E-state index in [0.717, 1.165) is 6.07 Å². The maximum Gasteiger partial charge on any atom is 0.165 e. The molecule has 1 aromatic carbocycles. The average molecular weight is 248 g/mol. The Bertz CT molecular complexity index is 547. The first kappa shape index (κ1) is 12.3. The van der Waals surface area contributed by atoms with E-state index in [1.807, 2.05) is 0 Å². The number of halogens is 1. The number of hydrogen-bond acceptors (Lipinski definition) is 5. The van der Waals surface area contributed by atoms with Gasteiger partial charge in [0.15, 0.2) is 5.82 Å². The molecule has 0 amide bonds. The van der Waals surface area contributed by atoms with E-state index in [4.69, 9.17) is 5.73 Å². The first-order chi connectivity index (χ1) is 8.70. The van der Waals surface area contributed by atoms with Crippen LogP contribution in [0.4, 0.5) is 10.2 Å². The summed E-state index contributed by atoms with van der Waals surface area (Å²) in [5, 5.41) is 12.7. The van der Waals surface area contributed by atoms with E-state index in [2.05, 4.69) is 15.3 Å². The quantitative estimate of drug-likeness (QED) is 0.760. The largest absolute Gasteiger partial charge is 0.507 e. The predicted octanol–water partition coefficient (Wildman–Crippen LogP) is 1.36. The van der Waals surface area contributed by atoms with Crippen LogP contribution in [-0.2, 0) is 0 Å². The van der Waals surface area contributed by atoms with Gasteiger partial charge in [0, 0.05) is 25.4 Å². The Balaban J connectivity index is 2.32. The fourth-order valence-electron chi connectivity index (χ4n) is 1.48. The molecule has 2 aromatic rings. The normalized spacial score (nSPS) is 10.3. The Labute approximate surface area is 104 Å². The lowest BCUT2D eigenvalue weighted by atomic mass is 10.2. The van der Waals surface area contributed by atoms with Crippen molar-refractivity contribution in [2.75, 3.05) is 18.4 Å². The van der Waals surface area contributed by atoms with Gasteiger partial charge in [-0.25, -0.2) is 14.4 Å². The van der Waals surface area contributed by atoms with Gasteiger partial charge in [0.25, 0.3) is 0 Å². The van der Waals surface area contributed by atoms with Gasteiger partial charge in [-0.05, 0) is 18.2 Å². The number of nitrogens with one attached hydrogen (secondary N) is 1. The van der Waals surface area contributed by atoms with Crippen LogP contribution in [0.3, 0.4) is 0 Å². The average Bonchev–Trinajstić information content (AvgIpc) is 2.36. The van der Waals surface area contributed by atoms with Gasteiger partial charge in [-0.1, -0.05) is 0 Å². The van der Waals surface area contributed by atoms with Crippen LogP contribution < -0.4 is 11.1 Å². The molecule has 0 aliphatic carbocycles. The van der Waals surface area contributed by atoms with Gasteiger partial charge < -0.3 is 16.2 Å². The molecule has 0 bridgehead atoms. The van der Waals surface area contributed by atoms with E-state index < -0.39 is 5.82 Å². The summed E-state index contributed by atoms with van der Waals surface area (Å²) in [5.74, 6) is 0.239. The highest BCUT2D eigenvalue weighted by Gasteiger charge is 2.08. The summed E-state index contributed by atoms with van der Waals surface area (Å²) in [5.41, 5.74) is 5.76. The van der Waals surface area contributed by atoms with Crippen LogP contribution in [0.2, 0.25) is 0 Å². The van der Waals surface area contributed by atoms with E-state index in [1.54, 1.807) is 12.3 Å². The van der Waals surface area contributed by atoms with E-state index >= 15 is 0 Å². The lowest BCUT2D eigenvalue weighted by molar-refractivity contribution is 0.470. The fraction of sp³-hybridized carbons (Fsp3) is 0.167. The highest BCUT2D eigenvalue weighted by molar-refractivity contribution is 5.64. The van der Waals surface area contributed by atoms with E-state index in [1.165, 1.54) is 12.1 Å². The molecule has 0 fully saturated rings. The number of hydrogen-bond donors (Lipinski definition) is 3. The molecule has 0 aliphatic rings. The lowest BCUT2D eigenvalue weighted by Crippen LogP contribution is -2.14. The summed E-state index contributed by atoms with van der Waals surface area (Å²) in [6, 6.07) is 5.41. The molecule has 94 valence electrons. The van der Waals surface area contributed by atoms with Crippen molar-refractivity contribution < 1.29 is 9.50 Å². The number of rotatable bonds is 4. The number of nitrogens with two attached hydrogens (primary N) is 1. The smallest absolute Gasteiger partial charge is 0.165 e. The Morgan fingerprint density at radius 3 is 2.89 bits per heavy atom. The van der Waals surface area contributed by atoms with Crippen molar-refractivity contribution in [1.82, 2.24) is 9.97 Å². The van der Waals surface area contributed by atoms with Crippen molar-refractivity contribution in [3.05, 3.63) is 36.3 Å². The standard InChI is InChI=1S/C12H13FN4O/c13-8-1-2-9(10(18)7-8)12-16-5-3-11(17-12)15-6-4-14/h1-3,5,7,18H,4,6,14H2,(H,15,16,17). The predicted molar refractivity (Wildman–Crippen MR) is 66.6 cm³/mol. The third-order valence-corrected chi connectivity index (χ3v) is 2.31. The van der Waals surface area contributed by atoms with Crippen molar-refractivity contribution in [2.24, 2.45) is 5.73 Å². The molecule has 18 heavy (non-hydrogen) atoms. The first-order valence-electron chi connectivity index (χ1n) is 5.46. The minimum absolute atomic E-state index is 0.189. The molecule has 4 N–H and O–H groups in total. The topological polar surface area (TPSA) is 84.1 Å². The van der Waals surface area contributed by atoms with Gasteiger partial charge in [-0.3, -0.25) is 0 Å². The molecule has 2 rings (SSSR count). The zero-order chi connectivity index (χ0) is 13.0. The summed E-state index contributed by atoms with van der Waals surface area (Å²) in [6.07, 6.45) is 1.56.